The van der Waals surface area contributed by atoms with Crippen molar-refractivity contribution in [1.82, 2.24) is 4.98 Å². The van der Waals surface area contributed by atoms with E-state index >= 15 is 0 Å². The van der Waals surface area contributed by atoms with Crippen LogP contribution in [0.3, 0.4) is 0 Å². The van der Waals surface area contributed by atoms with Gasteiger partial charge in [0.05, 0.1) is 5.52 Å². The Bertz CT molecular complexity index is 733. The van der Waals surface area contributed by atoms with E-state index in [1.54, 1.807) is 0 Å². The highest BCUT2D eigenvalue weighted by Gasteiger charge is 2.08. The van der Waals surface area contributed by atoms with Crippen molar-refractivity contribution in [3.05, 3.63) is 60.2 Å². The number of fused-ring (bicyclic) bond motifs is 1. The van der Waals surface area contributed by atoms with E-state index in [9.17, 15) is 0 Å². The third-order valence-corrected chi connectivity index (χ3v) is 3.56. The molecule has 0 saturated heterocycles. The summed E-state index contributed by atoms with van der Waals surface area (Å²) in [7, 11) is 0. The number of nitrogen functional groups attached to an aromatic ring is 1. The van der Waals surface area contributed by atoms with Crippen LogP contribution in [-0.4, -0.2) is 4.98 Å². The van der Waals surface area contributed by atoms with Crippen molar-refractivity contribution in [2.24, 2.45) is 0 Å². The number of benzene rings is 2. The van der Waals surface area contributed by atoms with Crippen LogP contribution in [0.25, 0.3) is 22.0 Å². The molecular formula is C18H18N2. The minimum absolute atomic E-state index is 0.655. The summed E-state index contributed by atoms with van der Waals surface area (Å²) < 4.78 is 0. The van der Waals surface area contributed by atoms with E-state index in [0.717, 1.165) is 34.9 Å². The fourth-order valence-electron chi connectivity index (χ4n) is 2.58. The van der Waals surface area contributed by atoms with Crippen LogP contribution in [0.4, 0.5) is 5.82 Å². The topological polar surface area (TPSA) is 38.9 Å². The van der Waals surface area contributed by atoms with Crippen LogP contribution in [0.1, 0.15) is 18.9 Å². The molecule has 2 nitrogen and oxygen atoms in total. The Labute approximate surface area is 119 Å². The Hall–Kier alpha value is -2.35. The highest BCUT2D eigenvalue weighted by molar-refractivity contribution is 5.94. The van der Waals surface area contributed by atoms with Crippen LogP contribution >= 0.6 is 0 Å². The van der Waals surface area contributed by atoms with Crippen LogP contribution in [0.2, 0.25) is 0 Å². The minimum atomic E-state index is 0.655. The van der Waals surface area contributed by atoms with E-state index in [4.69, 9.17) is 5.73 Å². The summed E-state index contributed by atoms with van der Waals surface area (Å²) in [5.41, 5.74) is 10.5. The van der Waals surface area contributed by atoms with Crippen molar-refractivity contribution >= 4 is 16.7 Å². The van der Waals surface area contributed by atoms with E-state index in [2.05, 4.69) is 48.3 Å². The van der Waals surface area contributed by atoms with E-state index < -0.39 is 0 Å². The first kappa shape index (κ1) is 12.7. The predicted octanol–water partition coefficient (Wildman–Crippen LogP) is 4.44. The molecule has 0 bridgehead atoms. The van der Waals surface area contributed by atoms with Gasteiger partial charge < -0.3 is 5.73 Å². The number of aromatic nitrogens is 1. The summed E-state index contributed by atoms with van der Waals surface area (Å²) in [4.78, 5) is 4.65. The molecule has 0 spiro atoms. The molecule has 0 aliphatic heterocycles. The van der Waals surface area contributed by atoms with Crippen molar-refractivity contribution in [2.45, 2.75) is 19.8 Å². The molecule has 0 aliphatic carbocycles. The molecule has 2 N–H and O–H groups in total. The molecule has 0 unspecified atom stereocenters. The molecule has 3 aromatic rings. The predicted molar refractivity (Wildman–Crippen MR) is 85.6 cm³/mol. The average Bonchev–Trinajstić information content (AvgIpc) is 2.49. The van der Waals surface area contributed by atoms with Crippen LogP contribution in [0.15, 0.2) is 54.6 Å². The Morgan fingerprint density at radius 1 is 1.00 bits per heavy atom. The first-order valence-electron chi connectivity index (χ1n) is 7.03. The van der Waals surface area contributed by atoms with Crippen molar-refractivity contribution in [3.8, 4) is 11.1 Å². The average molecular weight is 262 g/mol. The molecule has 2 heteroatoms. The Kier molecular flexibility index (Phi) is 3.38. The minimum Gasteiger partial charge on any atom is -0.383 e. The lowest BCUT2D eigenvalue weighted by molar-refractivity contribution is 0.921. The second kappa shape index (κ2) is 5.33. The van der Waals surface area contributed by atoms with Gasteiger partial charge in [-0.25, -0.2) is 4.98 Å². The number of para-hydroxylation sites is 1. The zero-order valence-corrected chi connectivity index (χ0v) is 11.6. The zero-order valence-electron chi connectivity index (χ0n) is 11.6. The summed E-state index contributed by atoms with van der Waals surface area (Å²) in [5, 5.41) is 1.16. The van der Waals surface area contributed by atoms with E-state index in [0.29, 0.717) is 5.82 Å². The van der Waals surface area contributed by atoms with Crippen molar-refractivity contribution in [3.63, 3.8) is 0 Å². The molecule has 1 aromatic heterocycles. The number of pyridine rings is 1. The standard InChI is InChI=1S/C18H18N2/c1-2-7-15-12-14-10-6-11-16(17(14)20-18(15)19)13-8-4-3-5-9-13/h3-6,8-12H,2,7H2,1H3,(H2,19,20). The molecule has 0 amide bonds. The Balaban J connectivity index is 2.22. The number of anilines is 1. The first-order valence-corrected chi connectivity index (χ1v) is 7.03. The molecule has 1 heterocycles. The number of hydrogen-bond donors (Lipinski definition) is 1. The first-order chi connectivity index (χ1) is 9.79. The number of nitrogens with two attached hydrogens (primary N) is 1. The Morgan fingerprint density at radius 2 is 1.80 bits per heavy atom. The summed E-state index contributed by atoms with van der Waals surface area (Å²) in [6, 6.07) is 18.8. The highest BCUT2D eigenvalue weighted by atomic mass is 14.8. The van der Waals surface area contributed by atoms with Gasteiger partial charge in [0.1, 0.15) is 5.82 Å². The Morgan fingerprint density at radius 3 is 2.55 bits per heavy atom. The van der Waals surface area contributed by atoms with Gasteiger partial charge in [0, 0.05) is 10.9 Å². The van der Waals surface area contributed by atoms with Crippen molar-refractivity contribution in [2.75, 3.05) is 5.73 Å². The molecule has 2 aromatic carbocycles. The fourth-order valence-corrected chi connectivity index (χ4v) is 2.58. The summed E-state index contributed by atoms with van der Waals surface area (Å²) >= 11 is 0. The second-order valence-corrected chi connectivity index (χ2v) is 5.03. The van der Waals surface area contributed by atoms with Gasteiger partial charge in [0.2, 0.25) is 0 Å². The molecule has 100 valence electrons. The maximum Gasteiger partial charge on any atom is 0.127 e. The van der Waals surface area contributed by atoms with Gasteiger partial charge in [0.15, 0.2) is 0 Å². The highest BCUT2D eigenvalue weighted by Crippen LogP contribution is 2.29. The second-order valence-electron chi connectivity index (χ2n) is 5.03. The SMILES string of the molecule is CCCc1cc2cccc(-c3ccccc3)c2nc1N. The third kappa shape index (κ3) is 2.25. The van der Waals surface area contributed by atoms with Crippen molar-refractivity contribution < 1.29 is 0 Å². The third-order valence-electron chi connectivity index (χ3n) is 3.56. The number of rotatable bonds is 3. The largest absolute Gasteiger partial charge is 0.383 e. The maximum atomic E-state index is 6.11. The lowest BCUT2D eigenvalue weighted by Crippen LogP contribution is -1.99. The molecule has 0 fully saturated rings. The van der Waals surface area contributed by atoms with Gasteiger partial charge in [-0.1, -0.05) is 61.9 Å². The fraction of sp³-hybridized carbons (Fsp3) is 0.167. The van der Waals surface area contributed by atoms with Crippen LogP contribution in [0, 0.1) is 0 Å². The summed E-state index contributed by atoms with van der Waals surface area (Å²) in [6.45, 7) is 2.16. The monoisotopic (exact) mass is 262 g/mol. The van der Waals surface area contributed by atoms with Crippen LogP contribution in [-0.2, 0) is 6.42 Å². The maximum absolute atomic E-state index is 6.11. The lowest BCUT2D eigenvalue weighted by Gasteiger charge is -2.10. The normalized spacial score (nSPS) is 10.8. The molecule has 0 saturated carbocycles. The van der Waals surface area contributed by atoms with Crippen LogP contribution < -0.4 is 5.73 Å². The van der Waals surface area contributed by atoms with Gasteiger partial charge in [-0.2, -0.15) is 0 Å². The number of nitrogens with zero attached hydrogens (tertiary/aromatic N) is 1. The van der Waals surface area contributed by atoms with Gasteiger partial charge in [0.25, 0.3) is 0 Å². The smallest absolute Gasteiger partial charge is 0.127 e. The van der Waals surface area contributed by atoms with Gasteiger partial charge in [-0.05, 0) is 23.6 Å². The molecule has 0 radical (unpaired) electrons. The lowest BCUT2D eigenvalue weighted by atomic mass is 10.0. The molecule has 0 aliphatic rings. The van der Waals surface area contributed by atoms with E-state index in [1.807, 2.05) is 18.2 Å². The van der Waals surface area contributed by atoms with E-state index in [1.165, 1.54) is 5.56 Å². The van der Waals surface area contributed by atoms with Gasteiger partial charge in [-0.15, -0.1) is 0 Å². The summed E-state index contributed by atoms with van der Waals surface area (Å²) in [5.74, 6) is 0.655. The quantitative estimate of drug-likeness (QED) is 0.758. The van der Waals surface area contributed by atoms with Crippen LogP contribution in [0.5, 0.6) is 0 Å². The summed E-state index contributed by atoms with van der Waals surface area (Å²) in [6.07, 6.45) is 2.06. The van der Waals surface area contributed by atoms with Gasteiger partial charge >= 0.3 is 0 Å². The van der Waals surface area contributed by atoms with E-state index in [-0.39, 0.29) is 0 Å². The van der Waals surface area contributed by atoms with Gasteiger partial charge in [-0.3, -0.25) is 0 Å². The van der Waals surface area contributed by atoms with Crippen molar-refractivity contribution in [1.29, 1.82) is 0 Å². The zero-order chi connectivity index (χ0) is 13.9. The number of aryl methyl sites for hydroxylation is 1. The number of hydrogen-bond acceptors (Lipinski definition) is 2. The molecular weight excluding hydrogens is 244 g/mol. The molecule has 20 heavy (non-hydrogen) atoms. The molecule has 3 rings (SSSR count). The molecule has 0 atom stereocenters.